The molecule has 1 aliphatic heterocycles. The molecule has 5 nitrogen and oxygen atoms in total. The van der Waals surface area contributed by atoms with Crippen LogP contribution in [0.3, 0.4) is 0 Å². The fourth-order valence-electron chi connectivity index (χ4n) is 2.59. The first kappa shape index (κ1) is 15.9. The topological polar surface area (TPSA) is 83.6 Å². The van der Waals surface area contributed by atoms with Gasteiger partial charge in [-0.05, 0) is 29.6 Å². The number of nitrogens with two attached hydrogens (primary N) is 1. The van der Waals surface area contributed by atoms with E-state index in [0.29, 0.717) is 13.0 Å². The van der Waals surface area contributed by atoms with Gasteiger partial charge >= 0.3 is 5.97 Å². The molecule has 1 amide bonds. The van der Waals surface area contributed by atoms with E-state index in [0.717, 1.165) is 16.9 Å². The Labute approximate surface area is 128 Å². The highest BCUT2D eigenvalue weighted by molar-refractivity contribution is 7.98. The third kappa shape index (κ3) is 3.57. The van der Waals surface area contributed by atoms with Gasteiger partial charge in [0.1, 0.15) is 0 Å². The monoisotopic (exact) mass is 308 g/mol. The molecule has 6 heteroatoms. The highest BCUT2D eigenvalue weighted by atomic mass is 32.2. The maximum Gasteiger partial charge on any atom is 0.312 e. The van der Waals surface area contributed by atoms with E-state index in [1.54, 1.807) is 16.7 Å². The lowest BCUT2D eigenvalue weighted by Gasteiger charge is -2.34. The Morgan fingerprint density at radius 1 is 1.48 bits per heavy atom. The third-order valence-electron chi connectivity index (χ3n) is 3.75. The Hall–Kier alpha value is -1.53. The zero-order valence-corrected chi connectivity index (χ0v) is 12.8. The maximum absolute atomic E-state index is 12.4. The molecular formula is C15H20N2O3S. The third-order valence-corrected chi connectivity index (χ3v) is 4.40. The number of fused-ring (bicyclic) bond motifs is 1. The number of benzene rings is 1. The molecule has 1 unspecified atom stereocenters. The van der Waals surface area contributed by atoms with E-state index in [4.69, 9.17) is 5.73 Å². The maximum atomic E-state index is 12.4. The van der Waals surface area contributed by atoms with E-state index in [-0.39, 0.29) is 12.5 Å². The standard InChI is InChI=1S/C15H20N2O3S/c1-21-7-6-13(16)14(18)17-8-10-4-2-3-5-11(10)12(9-17)15(19)20/h2-5,12-13H,6-9,16H2,1H3,(H,19,20)/t12?,13-/m1/s1. The molecule has 114 valence electrons. The van der Waals surface area contributed by atoms with Gasteiger partial charge < -0.3 is 15.7 Å². The van der Waals surface area contributed by atoms with Gasteiger partial charge in [-0.3, -0.25) is 9.59 Å². The van der Waals surface area contributed by atoms with Crippen LogP contribution in [0.2, 0.25) is 0 Å². The van der Waals surface area contributed by atoms with Crippen molar-refractivity contribution in [1.29, 1.82) is 0 Å². The molecule has 1 aliphatic rings. The summed E-state index contributed by atoms with van der Waals surface area (Å²) in [4.78, 5) is 25.4. The fraction of sp³-hybridized carbons (Fsp3) is 0.467. The van der Waals surface area contributed by atoms with Gasteiger partial charge in [0.05, 0.1) is 12.0 Å². The van der Waals surface area contributed by atoms with Crippen molar-refractivity contribution in [1.82, 2.24) is 4.90 Å². The number of carbonyl (C=O) groups excluding carboxylic acids is 1. The molecule has 21 heavy (non-hydrogen) atoms. The summed E-state index contributed by atoms with van der Waals surface area (Å²) >= 11 is 1.64. The van der Waals surface area contributed by atoms with Gasteiger partial charge in [0.15, 0.2) is 0 Å². The van der Waals surface area contributed by atoms with Crippen LogP contribution in [0.25, 0.3) is 0 Å². The normalized spacial score (nSPS) is 19.0. The molecule has 3 N–H and O–H groups in total. The molecule has 2 rings (SSSR count). The Morgan fingerprint density at radius 3 is 2.86 bits per heavy atom. The summed E-state index contributed by atoms with van der Waals surface area (Å²) in [5.74, 6) is -0.922. The Balaban J connectivity index is 2.17. The second kappa shape index (κ2) is 6.95. The molecule has 0 saturated carbocycles. The lowest BCUT2D eigenvalue weighted by atomic mass is 9.89. The average Bonchev–Trinajstić information content (AvgIpc) is 2.50. The molecular weight excluding hydrogens is 288 g/mol. The predicted octanol–water partition coefficient (Wildman–Crippen LogP) is 1.28. The van der Waals surface area contributed by atoms with Gasteiger partial charge in [-0.1, -0.05) is 24.3 Å². The molecule has 1 heterocycles. The summed E-state index contributed by atoms with van der Waals surface area (Å²) < 4.78 is 0. The van der Waals surface area contributed by atoms with Crippen LogP contribution in [0.4, 0.5) is 0 Å². The number of thioether (sulfide) groups is 1. The Morgan fingerprint density at radius 2 is 2.19 bits per heavy atom. The van der Waals surface area contributed by atoms with E-state index in [1.165, 1.54) is 0 Å². The molecule has 0 aliphatic carbocycles. The van der Waals surface area contributed by atoms with E-state index in [1.807, 2.05) is 30.5 Å². The van der Waals surface area contributed by atoms with E-state index in [2.05, 4.69) is 0 Å². The van der Waals surface area contributed by atoms with Crippen LogP contribution < -0.4 is 5.73 Å². The van der Waals surface area contributed by atoms with E-state index < -0.39 is 17.9 Å². The first-order valence-electron chi connectivity index (χ1n) is 6.88. The number of carboxylic acid groups (broad SMARTS) is 1. The van der Waals surface area contributed by atoms with Crippen molar-refractivity contribution in [2.75, 3.05) is 18.6 Å². The van der Waals surface area contributed by atoms with Crippen LogP contribution in [0, 0.1) is 0 Å². The molecule has 0 bridgehead atoms. The van der Waals surface area contributed by atoms with Crippen LogP contribution >= 0.6 is 11.8 Å². The molecule has 0 saturated heterocycles. The van der Waals surface area contributed by atoms with Gasteiger partial charge in [0.25, 0.3) is 0 Å². The number of rotatable bonds is 5. The van der Waals surface area contributed by atoms with Crippen molar-refractivity contribution >= 4 is 23.6 Å². The van der Waals surface area contributed by atoms with Crippen molar-refractivity contribution in [3.05, 3.63) is 35.4 Å². The number of hydrogen-bond donors (Lipinski definition) is 2. The highest BCUT2D eigenvalue weighted by Gasteiger charge is 2.33. The van der Waals surface area contributed by atoms with Crippen LogP contribution in [-0.4, -0.2) is 46.5 Å². The lowest BCUT2D eigenvalue weighted by Crippen LogP contribution is -2.48. The number of amides is 1. The predicted molar refractivity (Wildman–Crippen MR) is 83.2 cm³/mol. The number of hydrogen-bond acceptors (Lipinski definition) is 4. The molecule has 0 spiro atoms. The summed E-state index contributed by atoms with van der Waals surface area (Å²) in [6, 6.07) is 6.83. The van der Waals surface area contributed by atoms with Crippen LogP contribution in [0.1, 0.15) is 23.5 Å². The molecule has 0 radical (unpaired) electrons. The number of carboxylic acids is 1. The van der Waals surface area contributed by atoms with Crippen molar-refractivity contribution in [3.63, 3.8) is 0 Å². The van der Waals surface area contributed by atoms with E-state index in [9.17, 15) is 14.7 Å². The average molecular weight is 308 g/mol. The number of nitrogens with zero attached hydrogens (tertiary/aromatic N) is 1. The molecule has 0 aromatic heterocycles. The van der Waals surface area contributed by atoms with Crippen molar-refractivity contribution in [3.8, 4) is 0 Å². The minimum Gasteiger partial charge on any atom is -0.481 e. The van der Waals surface area contributed by atoms with Gasteiger partial charge in [-0.2, -0.15) is 11.8 Å². The highest BCUT2D eigenvalue weighted by Crippen LogP contribution is 2.28. The first-order chi connectivity index (χ1) is 10.0. The minimum atomic E-state index is -0.905. The van der Waals surface area contributed by atoms with Gasteiger partial charge in [-0.15, -0.1) is 0 Å². The van der Waals surface area contributed by atoms with Crippen LogP contribution in [-0.2, 0) is 16.1 Å². The second-order valence-electron chi connectivity index (χ2n) is 5.20. The SMILES string of the molecule is CSCC[C@@H](N)C(=O)N1Cc2ccccc2C(C(=O)O)C1. The zero-order valence-electron chi connectivity index (χ0n) is 12.0. The molecule has 1 aromatic rings. The first-order valence-corrected chi connectivity index (χ1v) is 8.28. The second-order valence-corrected chi connectivity index (χ2v) is 6.18. The summed E-state index contributed by atoms with van der Waals surface area (Å²) in [7, 11) is 0. The van der Waals surface area contributed by atoms with Crippen molar-refractivity contribution in [2.45, 2.75) is 24.9 Å². The molecule has 0 fully saturated rings. The summed E-state index contributed by atoms with van der Waals surface area (Å²) in [6.45, 7) is 0.629. The van der Waals surface area contributed by atoms with Crippen molar-refractivity contribution < 1.29 is 14.7 Å². The largest absolute Gasteiger partial charge is 0.481 e. The number of aliphatic carboxylic acids is 1. The smallest absolute Gasteiger partial charge is 0.312 e. The lowest BCUT2D eigenvalue weighted by molar-refractivity contribution is -0.141. The molecule has 2 atom stereocenters. The van der Waals surface area contributed by atoms with E-state index >= 15 is 0 Å². The fourth-order valence-corrected chi connectivity index (χ4v) is 3.08. The summed E-state index contributed by atoms with van der Waals surface area (Å²) in [5, 5.41) is 9.39. The van der Waals surface area contributed by atoms with Gasteiger partial charge in [0, 0.05) is 13.1 Å². The zero-order chi connectivity index (χ0) is 15.4. The van der Waals surface area contributed by atoms with Gasteiger partial charge in [-0.25, -0.2) is 0 Å². The Kier molecular flexibility index (Phi) is 5.25. The van der Waals surface area contributed by atoms with Crippen LogP contribution in [0.5, 0.6) is 0 Å². The van der Waals surface area contributed by atoms with Gasteiger partial charge in [0.2, 0.25) is 5.91 Å². The minimum absolute atomic E-state index is 0.162. The summed E-state index contributed by atoms with van der Waals surface area (Å²) in [6.07, 6.45) is 2.57. The quantitative estimate of drug-likeness (QED) is 0.856. The van der Waals surface area contributed by atoms with Crippen molar-refractivity contribution in [2.24, 2.45) is 5.73 Å². The number of carbonyl (C=O) groups is 2. The Bertz CT molecular complexity index is 535. The molecule has 1 aromatic carbocycles. The van der Waals surface area contributed by atoms with Crippen LogP contribution in [0.15, 0.2) is 24.3 Å². The summed E-state index contributed by atoms with van der Waals surface area (Å²) in [5.41, 5.74) is 7.61.